The molecule has 1 aromatic carbocycles. The highest BCUT2D eigenvalue weighted by atomic mass is 32.2. The van der Waals surface area contributed by atoms with Crippen LogP contribution in [0.5, 0.6) is 0 Å². The normalized spacial score (nSPS) is 11.5. The average Bonchev–Trinajstić information content (AvgIpc) is 2.71. The fourth-order valence-electron chi connectivity index (χ4n) is 1.26. The third kappa shape index (κ3) is 2.27. The van der Waals surface area contributed by atoms with Crippen molar-refractivity contribution >= 4 is 9.84 Å². The van der Waals surface area contributed by atoms with E-state index in [9.17, 15) is 8.42 Å². The van der Waals surface area contributed by atoms with Crippen LogP contribution in [0.25, 0.3) is 0 Å². The SMILES string of the molecule is O=S(=O)([CH]c1ccc[nH]1)c1ccccc1. The number of nitrogens with one attached hydrogen (secondary N) is 1. The molecule has 0 saturated carbocycles. The molecule has 0 spiro atoms. The van der Waals surface area contributed by atoms with Gasteiger partial charge in [0.25, 0.3) is 0 Å². The first-order valence-electron chi connectivity index (χ1n) is 4.47. The lowest BCUT2D eigenvalue weighted by Gasteiger charge is -2.01. The molecule has 0 aliphatic carbocycles. The third-order valence-electron chi connectivity index (χ3n) is 1.98. The highest BCUT2D eigenvalue weighted by Crippen LogP contribution is 2.16. The van der Waals surface area contributed by atoms with Gasteiger partial charge in [-0.1, -0.05) is 18.2 Å². The molecule has 1 N–H and O–H groups in total. The third-order valence-corrected chi connectivity index (χ3v) is 3.47. The summed E-state index contributed by atoms with van der Waals surface area (Å²) in [5.41, 5.74) is 0.582. The number of H-pyrrole nitrogens is 1. The second-order valence-electron chi connectivity index (χ2n) is 3.10. The van der Waals surface area contributed by atoms with E-state index in [1.807, 2.05) is 0 Å². The monoisotopic (exact) mass is 220 g/mol. The van der Waals surface area contributed by atoms with Crippen molar-refractivity contribution in [1.29, 1.82) is 0 Å². The largest absolute Gasteiger partial charge is 0.364 e. The Morgan fingerprint density at radius 3 is 2.33 bits per heavy atom. The Bertz CT molecular complexity index is 515. The number of rotatable bonds is 3. The summed E-state index contributed by atoms with van der Waals surface area (Å²) in [7, 11) is -3.34. The molecule has 0 aliphatic heterocycles. The fourth-order valence-corrected chi connectivity index (χ4v) is 2.42. The van der Waals surface area contributed by atoms with Crippen LogP contribution in [0.1, 0.15) is 5.69 Å². The van der Waals surface area contributed by atoms with E-state index in [0.29, 0.717) is 10.6 Å². The Hall–Kier alpha value is -1.55. The lowest BCUT2D eigenvalue weighted by atomic mass is 10.4. The average molecular weight is 220 g/mol. The number of aromatic nitrogens is 1. The van der Waals surface area contributed by atoms with E-state index in [0.717, 1.165) is 0 Å². The molecule has 1 heterocycles. The van der Waals surface area contributed by atoms with Crippen LogP contribution in [0.2, 0.25) is 0 Å². The number of sulfone groups is 1. The first-order chi connectivity index (χ1) is 7.18. The molecule has 0 bridgehead atoms. The zero-order valence-electron chi connectivity index (χ0n) is 7.92. The molecular weight excluding hydrogens is 210 g/mol. The summed E-state index contributed by atoms with van der Waals surface area (Å²) in [5.74, 6) is 1.22. The quantitative estimate of drug-likeness (QED) is 0.860. The predicted molar refractivity (Wildman–Crippen MR) is 57.8 cm³/mol. The standard InChI is InChI=1S/C11H10NO2S/c13-15(14,9-10-5-4-8-12-10)11-6-2-1-3-7-11/h1-9,12H. The summed E-state index contributed by atoms with van der Waals surface area (Å²) in [6.07, 6.45) is 1.69. The van der Waals surface area contributed by atoms with Crippen LogP contribution in [0.15, 0.2) is 53.6 Å². The van der Waals surface area contributed by atoms with Crippen LogP contribution in [0, 0.1) is 5.75 Å². The molecule has 0 unspecified atom stereocenters. The maximum Gasteiger partial charge on any atom is 0.188 e. The Morgan fingerprint density at radius 2 is 1.73 bits per heavy atom. The minimum Gasteiger partial charge on any atom is -0.364 e. The molecule has 77 valence electrons. The molecular formula is C11H10NO2S. The zero-order valence-corrected chi connectivity index (χ0v) is 8.74. The van der Waals surface area contributed by atoms with Crippen molar-refractivity contribution in [2.45, 2.75) is 4.90 Å². The lowest BCUT2D eigenvalue weighted by Crippen LogP contribution is -2.02. The van der Waals surface area contributed by atoms with Gasteiger partial charge in [-0.05, 0) is 24.3 Å². The van der Waals surface area contributed by atoms with Gasteiger partial charge >= 0.3 is 0 Å². The molecule has 1 aromatic heterocycles. The smallest absolute Gasteiger partial charge is 0.188 e. The molecule has 1 radical (unpaired) electrons. The predicted octanol–water partition coefficient (Wildman–Crippen LogP) is 2.00. The second kappa shape index (κ2) is 3.90. The van der Waals surface area contributed by atoms with Gasteiger partial charge < -0.3 is 4.98 Å². The number of hydrogen-bond acceptors (Lipinski definition) is 2. The molecule has 2 rings (SSSR count). The molecule has 15 heavy (non-hydrogen) atoms. The topological polar surface area (TPSA) is 49.9 Å². The van der Waals surface area contributed by atoms with E-state index < -0.39 is 9.84 Å². The summed E-state index contributed by atoms with van der Waals surface area (Å²) >= 11 is 0. The summed E-state index contributed by atoms with van der Waals surface area (Å²) in [6.45, 7) is 0. The van der Waals surface area contributed by atoms with Crippen molar-refractivity contribution < 1.29 is 8.42 Å². The minimum absolute atomic E-state index is 0.305. The van der Waals surface area contributed by atoms with Gasteiger partial charge in [0, 0.05) is 11.9 Å². The molecule has 3 nitrogen and oxygen atoms in total. The molecule has 2 aromatic rings. The van der Waals surface area contributed by atoms with Crippen molar-refractivity contribution in [2.24, 2.45) is 0 Å². The van der Waals surface area contributed by atoms with Crippen molar-refractivity contribution in [3.8, 4) is 0 Å². The van der Waals surface area contributed by atoms with Crippen molar-refractivity contribution in [1.82, 2.24) is 4.98 Å². The van der Waals surface area contributed by atoms with Crippen LogP contribution in [0.3, 0.4) is 0 Å². The Kier molecular flexibility index (Phi) is 2.60. The van der Waals surface area contributed by atoms with Crippen molar-refractivity contribution in [3.05, 3.63) is 60.1 Å². The van der Waals surface area contributed by atoms with Gasteiger partial charge in [0.05, 0.1) is 4.90 Å². The van der Waals surface area contributed by atoms with Crippen LogP contribution in [-0.2, 0) is 9.84 Å². The van der Waals surface area contributed by atoms with E-state index in [4.69, 9.17) is 0 Å². The summed E-state index contributed by atoms with van der Waals surface area (Å²) in [5, 5.41) is 0. The van der Waals surface area contributed by atoms with Gasteiger partial charge in [-0.2, -0.15) is 0 Å². The summed E-state index contributed by atoms with van der Waals surface area (Å²) < 4.78 is 23.6. The Labute approximate surface area is 88.7 Å². The molecule has 0 aliphatic rings. The van der Waals surface area contributed by atoms with Gasteiger partial charge in [-0.3, -0.25) is 0 Å². The van der Waals surface area contributed by atoms with Gasteiger partial charge in [-0.15, -0.1) is 0 Å². The second-order valence-corrected chi connectivity index (χ2v) is 4.90. The highest BCUT2D eigenvalue weighted by Gasteiger charge is 2.15. The van der Waals surface area contributed by atoms with E-state index >= 15 is 0 Å². The van der Waals surface area contributed by atoms with Crippen LogP contribution in [0.4, 0.5) is 0 Å². The van der Waals surface area contributed by atoms with E-state index in [2.05, 4.69) is 4.98 Å². The Balaban J connectivity index is 2.29. The molecule has 0 saturated heterocycles. The number of benzene rings is 1. The van der Waals surface area contributed by atoms with Crippen LogP contribution in [-0.4, -0.2) is 13.4 Å². The number of hydrogen-bond donors (Lipinski definition) is 1. The Morgan fingerprint density at radius 1 is 1.00 bits per heavy atom. The molecule has 0 fully saturated rings. The van der Waals surface area contributed by atoms with E-state index in [1.165, 1.54) is 5.75 Å². The lowest BCUT2D eigenvalue weighted by molar-refractivity contribution is 0.602. The summed E-state index contributed by atoms with van der Waals surface area (Å²) in [4.78, 5) is 3.13. The number of aromatic amines is 1. The van der Waals surface area contributed by atoms with Crippen molar-refractivity contribution in [3.63, 3.8) is 0 Å². The minimum atomic E-state index is -3.34. The van der Waals surface area contributed by atoms with Gasteiger partial charge in [-0.25, -0.2) is 8.42 Å². The maximum atomic E-state index is 11.8. The zero-order chi connectivity index (χ0) is 10.7. The van der Waals surface area contributed by atoms with Crippen LogP contribution < -0.4 is 0 Å². The van der Waals surface area contributed by atoms with Gasteiger partial charge in [0.2, 0.25) is 0 Å². The van der Waals surface area contributed by atoms with E-state index in [1.54, 1.807) is 48.7 Å². The van der Waals surface area contributed by atoms with E-state index in [-0.39, 0.29) is 0 Å². The molecule has 4 heteroatoms. The van der Waals surface area contributed by atoms with Gasteiger partial charge in [0.15, 0.2) is 9.84 Å². The first-order valence-corrected chi connectivity index (χ1v) is 6.01. The maximum absolute atomic E-state index is 11.8. The first kappa shape index (κ1) is 9.98. The molecule has 0 atom stereocenters. The van der Waals surface area contributed by atoms with Crippen LogP contribution >= 0.6 is 0 Å². The molecule has 0 amide bonds. The summed E-state index contributed by atoms with van der Waals surface area (Å²) in [6, 6.07) is 11.8. The van der Waals surface area contributed by atoms with Gasteiger partial charge in [0.1, 0.15) is 5.75 Å². The fraction of sp³-hybridized carbons (Fsp3) is 0. The highest BCUT2D eigenvalue weighted by molar-refractivity contribution is 7.93. The van der Waals surface area contributed by atoms with Crippen molar-refractivity contribution in [2.75, 3.05) is 0 Å².